The Hall–Kier alpha value is -0.660. The van der Waals surface area contributed by atoms with Gasteiger partial charge in [-0.25, -0.2) is 4.39 Å². The first-order chi connectivity index (χ1) is 5.16. The Morgan fingerprint density at radius 3 is 2.55 bits per heavy atom. The van der Waals surface area contributed by atoms with Crippen LogP contribution in [-0.4, -0.2) is 12.4 Å². The summed E-state index contributed by atoms with van der Waals surface area (Å²) in [4.78, 5) is 3.78. The Morgan fingerprint density at radius 1 is 1.45 bits per heavy atom. The standard InChI is InChI=1S/C9H16FN/c1-4-8(2)5-6-11-7-9(3)10/h5-9H,4H2,1-3H3/b6-5-,11-7-/t8-,9?/m1/s1. The summed E-state index contributed by atoms with van der Waals surface area (Å²) >= 11 is 0. The first kappa shape index (κ1) is 10.3. The first-order valence-corrected chi connectivity index (χ1v) is 4.00. The maximum atomic E-state index is 12.1. The molecule has 0 aliphatic rings. The normalized spacial score (nSPS) is 17.8. The number of rotatable bonds is 4. The minimum absolute atomic E-state index is 0.530. The highest BCUT2D eigenvalue weighted by Crippen LogP contribution is 2.01. The zero-order valence-corrected chi connectivity index (χ0v) is 7.42. The van der Waals surface area contributed by atoms with Crippen LogP contribution in [0.15, 0.2) is 17.3 Å². The van der Waals surface area contributed by atoms with Crippen molar-refractivity contribution in [1.29, 1.82) is 0 Å². The van der Waals surface area contributed by atoms with Crippen molar-refractivity contribution >= 4 is 6.21 Å². The van der Waals surface area contributed by atoms with Gasteiger partial charge in [-0.2, -0.15) is 0 Å². The van der Waals surface area contributed by atoms with Gasteiger partial charge in [0.2, 0.25) is 0 Å². The van der Waals surface area contributed by atoms with Crippen molar-refractivity contribution in [3.05, 3.63) is 12.3 Å². The van der Waals surface area contributed by atoms with Crippen molar-refractivity contribution in [3.8, 4) is 0 Å². The van der Waals surface area contributed by atoms with Gasteiger partial charge in [0.05, 0.1) is 0 Å². The van der Waals surface area contributed by atoms with Crippen molar-refractivity contribution in [3.63, 3.8) is 0 Å². The predicted octanol–water partition coefficient (Wildman–Crippen LogP) is 2.98. The molecule has 0 heterocycles. The van der Waals surface area contributed by atoms with Crippen LogP contribution in [0.3, 0.4) is 0 Å². The summed E-state index contributed by atoms with van der Waals surface area (Å²) in [6, 6.07) is 0. The Kier molecular flexibility index (Phi) is 5.71. The van der Waals surface area contributed by atoms with E-state index in [1.165, 1.54) is 13.1 Å². The van der Waals surface area contributed by atoms with Crippen molar-refractivity contribution in [2.75, 3.05) is 0 Å². The molecule has 0 amide bonds. The summed E-state index contributed by atoms with van der Waals surface area (Å²) in [7, 11) is 0. The van der Waals surface area contributed by atoms with Crippen molar-refractivity contribution < 1.29 is 4.39 Å². The van der Waals surface area contributed by atoms with Gasteiger partial charge in [-0.05, 0) is 12.8 Å². The minimum Gasteiger partial charge on any atom is -0.266 e. The molecule has 0 saturated heterocycles. The summed E-state index contributed by atoms with van der Waals surface area (Å²) in [5.74, 6) is 0.530. The second kappa shape index (κ2) is 6.08. The van der Waals surface area contributed by atoms with Gasteiger partial charge in [0.25, 0.3) is 0 Å². The van der Waals surface area contributed by atoms with Crippen LogP contribution < -0.4 is 0 Å². The molecule has 0 aliphatic heterocycles. The molecule has 0 radical (unpaired) electrons. The molecule has 11 heavy (non-hydrogen) atoms. The second-order valence-corrected chi connectivity index (χ2v) is 2.70. The zero-order valence-electron chi connectivity index (χ0n) is 7.42. The molecular formula is C9H16FN. The van der Waals surface area contributed by atoms with Crippen LogP contribution in [0.1, 0.15) is 27.2 Å². The molecule has 0 spiro atoms. The van der Waals surface area contributed by atoms with Gasteiger partial charge in [0, 0.05) is 12.4 Å². The Morgan fingerprint density at radius 2 is 2.09 bits per heavy atom. The smallest absolute Gasteiger partial charge is 0.132 e. The third-order valence-corrected chi connectivity index (χ3v) is 1.44. The van der Waals surface area contributed by atoms with E-state index >= 15 is 0 Å². The lowest BCUT2D eigenvalue weighted by Crippen LogP contribution is -1.91. The summed E-state index contributed by atoms with van der Waals surface area (Å²) in [5, 5.41) is 0. The number of hydrogen-bond donors (Lipinski definition) is 0. The number of allylic oxidation sites excluding steroid dienone is 1. The van der Waals surface area contributed by atoms with Crippen LogP contribution >= 0.6 is 0 Å². The lowest BCUT2D eigenvalue weighted by atomic mass is 10.1. The highest BCUT2D eigenvalue weighted by molar-refractivity contribution is 5.62. The van der Waals surface area contributed by atoms with E-state index in [0.717, 1.165) is 6.42 Å². The van der Waals surface area contributed by atoms with Gasteiger partial charge in [-0.3, -0.25) is 4.99 Å². The lowest BCUT2D eigenvalue weighted by Gasteiger charge is -1.96. The van der Waals surface area contributed by atoms with Gasteiger partial charge < -0.3 is 0 Å². The van der Waals surface area contributed by atoms with E-state index in [0.29, 0.717) is 5.92 Å². The highest BCUT2D eigenvalue weighted by Gasteiger charge is 1.89. The summed E-state index contributed by atoms with van der Waals surface area (Å²) in [5.41, 5.74) is 0. The van der Waals surface area contributed by atoms with Crippen molar-refractivity contribution in [1.82, 2.24) is 0 Å². The van der Waals surface area contributed by atoms with Gasteiger partial charge in [-0.15, -0.1) is 0 Å². The largest absolute Gasteiger partial charge is 0.266 e. The minimum atomic E-state index is -0.948. The molecule has 1 nitrogen and oxygen atoms in total. The van der Waals surface area contributed by atoms with Crippen LogP contribution in [-0.2, 0) is 0 Å². The third-order valence-electron chi connectivity index (χ3n) is 1.44. The molecule has 0 aromatic carbocycles. The number of halogens is 1. The van der Waals surface area contributed by atoms with Crippen LogP contribution in [0.25, 0.3) is 0 Å². The average Bonchev–Trinajstić information content (AvgIpc) is 1.97. The van der Waals surface area contributed by atoms with E-state index in [1.54, 1.807) is 6.20 Å². The Labute approximate surface area is 68.0 Å². The molecule has 0 aromatic rings. The molecule has 0 N–H and O–H groups in total. The maximum absolute atomic E-state index is 12.1. The molecule has 0 saturated carbocycles. The fourth-order valence-electron chi connectivity index (χ4n) is 0.501. The van der Waals surface area contributed by atoms with Crippen LogP contribution in [0, 0.1) is 5.92 Å². The molecule has 1 unspecified atom stereocenters. The molecule has 0 fully saturated rings. The zero-order chi connectivity index (χ0) is 8.69. The van der Waals surface area contributed by atoms with E-state index < -0.39 is 6.17 Å². The molecule has 2 atom stereocenters. The predicted molar refractivity (Wildman–Crippen MR) is 47.7 cm³/mol. The van der Waals surface area contributed by atoms with E-state index in [1.807, 2.05) is 6.08 Å². The SMILES string of the molecule is CC[C@@H](C)/C=C\N=C/C(C)F. The monoisotopic (exact) mass is 157 g/mol. The fraction of sp³-hybridized carbons (Fsp3) is 0.667. The molecule has 0 aromatic heterocycles. The average molecular weight is 157 g/mol. The maximum Gasteiger partial charge on any atom is 0.132 e. The van der Waals surface area contributed by atoms with Gasteiger partial charge in [0.15, 0.2) is 0 Å². The second-order valence-electron chi connectivity index (χ2n) is 2.70. The number of hydrogen-bond acceptors (Lipinski definition) is 1. The Bertz CT molecular complexity index is 138. The first-order valence-electron chi connectivity index (χ1n) is 4.00. The van der Waals surface area contributed by atoms with Crippen LogP contribution in [0.5, 0.6) is 0 Å². The summed E-state index contributed by atoms with van der Waals surface area (Å²) in [6.07, 6.45) is 5.07. The number of aliphatic imine (C=N–C) groups is 1. The number of alkyl halides is 1. The van der Waals surface area contributed by atoms with E-state index in [4.69, 9.17) is 0 Å². The summed E-state index contributed by atoms with van der Waals surface area (Å²) in [6.45, 7) is 5.67. The molecule has 64 valence electrons. The number of nitrogens with zero attached hydrogens (tertiary/aromatic N) is 1. The van der Waals surface area contributed by atoms with Gasteiger partial charge >= 0.3 is 0 Å². The van der Waals surface area contributed by atoms with E-state index in [-0.39, 0.29) is 0 Å². The van der Waals surface area contributed by atoms with E-state index in [9.17, 15) is 4.39 Å². The Balaban J connectivity index is 3.59. The fourth-order valence-corrected chi connectivity index (χ4v) is 0.501. The van der Waals surface area contributed by atoms with Gasteiger partial charge in [-0.1, -0.05) is 26.3 Å². The molecular weight excluding hydrogens is 141 g/mol. The summed E-state index contributed by atoms with van der Waals surface area (Å²) < 4.78 is 12.1. The van der Waals surface area contributed by atoms with Crippen molar-refractivity contribution in [2.24, 2.45) is 10.9 Å². The van der Waals surface area contributed by atoms with Crippen LogP contribution in [0.4, 0.5) is 4.39 Å². The topological polar surface area (TPSA) is 12.4 Å². The van der Waals surface area contributed by atoms with Crippen molar-refractivity contribution in [2.45, 2.75) is 33.4 Å². The molecule has 0 rings (SSSR count). The molecule has 0 bridgehead atoms. The lowest BCUT2D eigenvalue weighted by molar-refractivity contribution is 0.461. The van der Waals surface area contributed by atoms with Crippen LogP contribution in [0.2, 0.25) is 0 Å². The quantitative estimate of drug-likeness (QED) is 0.556. The molecule has 2 heteroatoms. The molecule has 0 aliphatic carbocycles. The third kappa shape index (κ3) is 7.23. The highest BCUT2D eigenvalue weighted by atomic mass is 19.1. The van der Waals surface area contributed by atoms with E-state index in [2.05, 4.69) is 18.8 Å². The van der Waals surface area contributed by atoms with Gasteiger partial charge in [0.1, 0.15) is 6.17 Å².